The van der Waals surface area contributed by atoms with Crippen LogP contribution in [0.3, 0.4) is 0 Å². The molecule has 4 nitrogen and oxygen atoms in total. The second-order valence-corrected chi connectivity index (χ2v) is 10.3. The molecule has 40 heavy (non-hydrogen) atoms. The third kappa shape index (κ3) is 6.58. The highest BCUT2D eigenvalue weighted by atomic mass is 19.4. The predicted octanol–water partition coefficient (Wildman–Crippen LogP) is 7.57. The van der Waals surface area contributed by atoms with Crippen LogP contribution >= 0.6 is 0 Å². The highest BCUT2D eigenvalue weighted by molar-refractivity contribution is 6.00. The number of aryl methyl sites for hydroxylation is 1. The van der Waals surface area contributed by atoms with Crippen LogP contribution in [0.5, 0.6) is 11.5 Å². The van der Waals surface area contributed by atoms with Gasteiger partial charge in [-0.15, -0.1) is 13.2 Å². The minimum atomic E-state index is -4.91. The van der Waals surface area contributed by atoms with Crippen LogP contribution in [-0.2, 0) is 6.42 Å². The summed E-state index contributed by atoms with van der Waals surface area (Å²) in [6, 6.07) is 16.4. The maximum absolute atomic E-state index is 15.3. The van der Waals surface area contributed by atoms with Crippen LogP contribution in [0.15, 0.2) is 60.7 Å². The van der Waals surface area contributed by atoms with E-state index in [1.807, 2.05) is 24.3 Å². The molecule has 1 aliphatic heterocycles. The van der Waals surface area contributed by atoms with Crippen molar-refractivity contribution in [2.45, 2.75) is 44.5 Å². The number of hydrogen-bond acceptors (Lipinski definition) is 4. The lowest BCUT2D eigenvalue weighted by atomic mass is 9.87. The molecule has 1 heterocycles. The Balaban J connectivity index is 1.49. The summed E-state index contributed by atoms with van der Waals surface area (Å²) in [7, 11) is 0. The molecule has 0 bridgehead atoms. The smallest absolute Gasteiger partial charge is 0.508 e. The van der Waals surface area contributed by atoms with Gasteiger partial charge >= 0.3 is 6.36 Å². The number of phenolic OH excluding ortho intramolecular Hbond substituents is 1. The summed E-state index contributed by atoms with van der Waals surface area (Å²) in [4.78, 5) is 2.25. The van der Waals surface area contributed by atoms with Crippen LogP contribution < -0.4 is 10.1 Å². The average molecular weight is 559 g/mol. The number of alkyl halides is 4. The molecule has 5 rings (SSSR count). The van der Waals surface area contributed by atoms with E-state index in [-0.39, 0.29) is 24.0 Å². The largest absolute Gasteiger partial charge is 0.573 e. The molecular formula is C31H31F5N2O2. The molecule has 0 spiro atoms. The Morgan fingerprint density at radius 2 is 1.75 bits per heavy atom. The van der Waals surface area contributed by atoms with Crippen molar-refractivity contribution in [3.8, 4) is 11.5 Å². The standard InChI is InChI=1S/C31H31F5N2O2/c32-14-2-15-38-16-13-23(19-38)37-22-7-5-20(6-8-22)30-26-11-9-24(39)17-21(26)3-1-4-28(30)27-12-10-25(18-29(27)33)40-31(34,35)36/h5-12,17-18,23,37,39H,1-4,13-16,19H2/t23-/m0/s1. The van der Waals surface area contributed by atoms with Gasteiger partial charge in [0, 0.05) is 43.0 Å². The lowest BCUT2D eigenvalue weighted by molar-refractivity contribution is -0.274. The van der Waals surface area contributed by atoms with Gasteiger partial charge in [0.2, 0.25) is 0 Å². The molecule has 1 fully saturated rings. The fourth-order valence-electron chi connectivity index (χ4n) is 5.72. The van der Waals surface area contributed by atoms with Crippen LogP contribution in [0.1, 0.15) is 47.9 Å². The number of fused-ring (bicyclic) bond motifs is 1. The first-order chi connectivity index (χ1) is 19.2. The van der Waals surface area contributed by atoms with Crippen molar-refractivity contribution in [2.75, 3.05) is 31.6 Å². The molecule has 0 saturated carbocycles. The number of nitrogens with zero attached hydrogens (tertiary/aromatic N) is 1. The van der Waals surface area contributed by atoms with Crippen molar-refractivity contribution < 1.29 is 31.8 Å². The van der Waals surface area contributed by atoms with Gasteiger partial charge in [-0.05, 0) is 96.3 Å². The minimum absolute atomic E-state index is 0.137. The summed E-state index contributed by atoms with van der Waals surface area (Å²) in [6.45, 7) is 2.21. The van der Waals surface area contributed by atoms with Gasteiger partial charge in [0.25, 0.3) is 0 Å². The Labute approximate surface area is 230 Å². The molecule has 1 atom stereocenters. The quantitative estimate of drug-likeness (QED) is 0.280. The fourth-order valence-corrected chi connectivity index (χ4v) is 5.72. The van der Waals surface area contributed by atoms with E-state index in [0.29, 0.717) is 31.3 Å². The van der Waals surface area contributed by atoms with E-state index >= 15 is 4.39 Å². The normalized spacial score (nSPS) is 18.0. The van der Waals surface area contributed by atoms with E-state index in [1.54, 1.807) is 18.2 Å². The summed E-state index contributed by atoms with van der Waals surface area (Å²) in [5, 5.41) is 13.7. The number of rotatable bonds is 8. The summed E-state index contributed by atoms with van der Waals surface area (Å²) in [5.41, 5.74) is 5.21. The second kappa shape index (κ2) is 11.9. The van der Waals surface area contributed by atoms with Crippen molar-refractivity contribution in [1.29, 1.82) is 0 Å². The number of benzene rings is 3. The Hall–Kier alpha value is -3.59. The number of ether oxygens (including phenoxy) is 1. The van der Waals surface area contributed by atoms with Crippen LogP contribution in [0.25, 0.3) is 11.1 Å². The molecule has 2 aliphatic rings. The van der Waals surface area contributed by atoms with Crippen molar-refractivity contribution in [1.82, 2.24) is 4.90 Å². The van der Waals surface area contributed by atoms with Crippen LogP contribution in [0.2, 0.25) is 0 Å². The predicted molar refractivity (Wildman–Crippen MR) is 146 cm³/mol. The molecular weight excluding hydrogens is 527 g/mol. The Kier molecular flexibility index (Phi) is 8.30. The summed E-state index contributed by atoms with van der Waals surface area (Å²) in [6.07, 6.45) is -1.57. The first-order valence-corrected chi connectivity index (χ1v) is 13.5. The van der Waals surface area contributed by atoms with E-state index < -0.39 is 17.9 Å². The zero-order chi connectivity index (χ0) is 28.3. The van der Waals surface area contributed by atoms with Crippen LogP contribution in [-0.4, -0.2) is 48.7 Å². The van der Waals surface area contributed by atoms with Gasteiger partial charge < -0.3 is 20.1 Å². The fraction of sp³-hybridized carbons (Fsp3) is 0.355. The van der Waals surface area contributed by atoms with Gasteiger partial charge in [-0.1, -0.05) is 18.2 Å². The molecule has 0 aromatic heterocycles. The molecule has 3 aromatic rings. The van der Waals surface area contributed by atoms with Gasteiger partial charge in [-0.25, -0.2) is 4.39 Å². The van der Waals surface area contributed by atoms with Crippen LogP contribution in [0, 0.1) is 5.82 Å². The Morgan fingerprint density at radius 3 is 2.48 bits per heavy atom. The van der Waals surface area contributed by atoms with E-state index in [1.165, 1.54) is 6.07 Å². The van der Waals surface area contributed by atoms with Crippen molar-refractivity contribution in [3.63, 3.8) is 0 Å². The number of hydrogen-bond donors (Lipinski definition) is 2. The molecule has 2 N–H and O–H groups in total. The lowest BCUT2D eigenvalue weighted by Crippen LogP contribution is -2.27. The van der Waals surface area contributed by atoms with E-state index in [4.69, 9.17) is 0 Å². The number of halogens is 5. The summed E-state index contributed by atoms with van der Waals surface area (Å²) in [5.74, 6) is -1.27. The molecule has 9 heteroatoms. The zero-order valence-electron chi connectivity index (χ0n) is 21.9. The number of aromatic hydroxyl groups is 1. The van der Waals surface area contributed by atoms with Gasteiger partial charge in [0.05, 0.1) is 6.67 Å². The minimum Gasteiger partial charge on any atom is -0.508 e. The van der Waals surface area contributed by atoms with Gasteiger partial charge in [-0.3, -0.25) is 4.39 Å². The van der Waals surface area contributed by atoms with E-state index in [9.17, 15) is 22.7 Å². The second-order valence-electron chi connectivity index (χ2n) is 10.3. The third-order valence-electron chi connectivity index (χ3n) is 7.46. The SMILES string of the molecule is Oc1ccc2c(c1)CCCC(c1ccc(OC(F)(F)F)cc1F)=C2c1ccc(N[C@H]2CCN(CCCF)C2)cc1. The van der Waals surface area contributed by atoms with E-state index in [0.717, 1.165) is 66.1 Å². The van der Waals surface area contributed by atoms with Gasteiger partial charge in [-0.2, -0.15) is 0 Å². The third-order valence-corrected chi connectivity index (χ3v) is 7.46. The Morgan fingerprint density at radius 1 is 0.975 bits per heavy atom. The monoisotopic (exact) mass is 558 g/mol. The number of likely N-dealkylation sites (tertiary alicyclic amines) is 1. The van der Waals surface area contributed by atoms with Crippen LogP contribution in [0.4, 0.5) is 27.6 Å². The number of phenols is 1. The first-order valence-electron chi connectivity index (χ1n) is 13.5. The summed E-state index contributed by atoms with van der Waals surface area (Å²) < 4.78 is 69.8. The maximum Gasteiger partial charge on any atom is 0.573 e. The number of nitrogens with one attached hydrogen (secondary N) is 1. The average Bonchev–Trinajstić information content (AvgIpc) is 3.26. The summed E-state index contributed by atoms with van der Waals surface area (Å²) >= 11 is 0. The molecule has 1 aliphatic carbocycles. The maximum atomic E-state index is 15.3. The van der Waals surface area contributed by atoms with Crippen molar-refractivity contribution in [3.05, 3.63) is 88.7 Å². The van der Waals surface area contributed by atoms with Crippen molar-refractivity contribution in [2.24, 2.45) is 0 Å². The highest BCUT2D eigenvalue weighted by Gasteiger charge is 2.32. The van der Waals surface area contributed by atoms with Gasteiger partial charge in [0.15, 0.2) is 0 Å². The topological polar surface area (TPSA) is 44.7 Å². The first kappa shape index (κ1) is 28.0. The Bertz CT molecular complexity index is 1370. The lowest BCUT2D eigenvalue weighted by Gasteiger charge is -2.19. The number of anilines is 1. The molecule has 212 valence electrons. The molecule has 0 radical (unpaired) electrons. The molecule has 1 saturated heterocycles. The molecule has 0 unspecified atom stereocenters. The zero-order valence-corrected chi connectivity index (χ0v) is 21.9. The molecule has 0 amide bonds. The van der Waals surface area contributed by atoms with E-state index in [2.05, 4.69) is 15.0 Å². The molecule has 3 aromatic carbocycles. The van der Waals surface area contributed by atoms with Gasteiger partial charge in [0.1, 0.15) is 17.3 Å². The number of allylic oxidation sites excluding steroid dienone is 1. The van der Waals surface area contributed by atoms with Crippen molar-refractivity contribution >= 4 is 16.8 Å². The highest BCUT2D eigenvalue weighted by Crippen LogP contribution is 2.42.